The van der Waals surface area contributed by atoms with Crippen LogP contribution in [0.25, 0.3) is 27.8 Å². The van der Waals surface area contributed by atoms with Gasteiger partial charge < -0.3 is 9.84 Å². The van der Waals surface area contributed by atoms with Crippen LogP contribution in [0.5, 0.6) is 5.75 Å². The van der Waals surface area contributed by atoms with Gasteiger partial charge in [0, 0.05) is 20.4 Å². The zero-order valence-corrected chi connectivity index (χ0v) is 27.5. The van der Waals surface area contributed by atoms with Crippen molar-refractivity contribution in [3.05, 3.63) is 139 Å². The van der Waals surface area contributed by atoms with Gasteiger partial charge in [0.2, 0.25) is 0 Å². The van der Waals surface area contributed by atoms with Crippen LogP contribution in [0.3, 0.4) is 0 Å². The Bertz CT molecular complexity index is 1640. The fraction of sp³-hybridized carbons (Fsp3) is 0.108. The van der Waals surface area contributed by atoms with Gasteiger partial charge >= 0.3 is 5.97 Å². The summed E-state index contributed by atoms with van der Waals surface area (Å²) in [6.45, 7) is 0. The summed E-state index contributed by atoms with van der Waals surface area (Å²) in [7, 11) is 0. The number of aliphatic carboxylic acids is 1. The fourth-order valence-corrected chi connectivity index (χ4v) is 6.49. The summed E-state index contributed by atoms with van der Waals surface area (Å²) in [6.07, 6.45) is 6.46. The Balaban J connectivity index is 1.40. The van der Waals surface area contributed by atoms with Gasteiger partial charge in [0.05, 0.1) is 0 Å². The van der Waals surface area contributed by atoms with E-state index in [0.717, 1.165) is 27.3 Å². The molecule has 0 spiro atoms. The molecule has 0 amide bonds. The highest BCUT2D eigenvalue weighted by molar-refractivity contribution is 7.99. The van der Waals surface area contributed by atoms with Gasteiger partial charge in [0.25, 0.3) is 5.56 Å². The maximum atomic E-state index is 11.0. The lowest BCUT2D eigenvalue weighted by Gasteiger charge is -2.12. The minimum Gasteiger partial charge on any atom is -0.478 e. The maximum absolute atomic E-state index is 11.0. The largest absolute Gasteiger partial charge is 0.478 e. The highest BCUT2D eigenvalue weighted by Crippen LogP contribution is 2.32. The standard InChI is InChI=1S/C37H31ClO3S3/c1-42-33-7-3-5-29(23-33)25-9-13-27(14-10-25)35(21-22-44-32-19-17-31(18-20-32)41-36(38)37(39)40)28-15-11-26(12-16-28)30-6-4-8-34(24-30)43-2/h3-21,23-24,36H,22H2,1-2H3,(H,39,40). The molecule has 0 aliphatic heterocycles. The van der Waals surface area contributed by atoms with Gasteiger partial charge in [0.15, 0.2) is 0 Å². The molecule has 0 aliphatic rings. The highest BCUT2D eigenvalue weighted by Gasteiger charge is 2.15. The van der Waals surface area contributed by atoms with E-state index in [1.54, 1.807) is 47.4 Å². The first-order chi connectivity index (χ1) is 21.4. The Morgan fingerprint density at radius 1 is 0.705 bits per heavy atom. The zero-order valence-electron chi connectivity index (χ0n) is 24.3. The van der Waals surface area contributed by atoms with Gasteiger partial charge in [-0.3, -0.25) is 0 Å². The number of halogens is 1. The van der Waals surface area contributed by atoms with Crippen molar-refractivity contribution in [1.29, 1.82) is 0 Å². The molecule has 222 valence electrons. The number of carboxylic acids is 1. The SMILES string of the molecule is CSc1cccc(-c2ccc(C(=CCSc3ccc(OC(Cl)C(=O)O)cc3)c3ccc(-c4cccc(SC)c4)cc3)cc2)c1. The van der Waals surface area contributed by atoms with Gasteiger partial charge in [-0.1, -0.05) is 90.5 Å². The molecule has 0 radical (unpaired) electrons. The Labute approximate surface area is 276 Å². The van der Waals surface area contributed by atoms with Crippen molar-refractivity contribution in [1.82, 2.24) is 0 Å². The quantitative estimate of drug-likeness (QED) is 0.107. The van der Waals surface area contributed by atoms with Gasteiger partial charge in [-0.15, -0.1) is 35.3 Å². The third kappa shape index (κ3) is 8.33. The average molecular weight is 655 g/mol. The first-order valence-electron chi connectivity index (χ1n) is 13.9. The van der Waals surface area contributed by atoms with Crippen LogP contribution in [-0.2, 0) is 4.79 Å². The van der Waals surface area contributed by atoms with E-state index in [9.17, 15) is 4.79 Å². The van der Waals surface area contributed by atoms with Gasteiger partial charge in [-0.05, 0) is 100.0 Å². The maximum Gasteiger partial charge on any atom is 0.360 e. The number of ether oxygens (including phenoxy) is 1. The van der Waals surface area contributed by atoms with Crippen LogP contribution in [0.2, 0.25) is 0 Å². The Kier molecular flexibility index (Phi) is 11.2. The van der Waals surface area contributed by atoms with Crippen LogP contribution in [0.15, 0.2) is 142 Å². The molecule has 1 N–H and O–H groups in total. The van der Waals surface area contributed by atoms with Gasteiger partial charge in [-0.25, -0.2) is 4.79 Å². The van der Waals surface area contributed by atoms with E-state index < -0.39 is 11.5 Å². The van der Waals surface area contributed by atoms with E-state index in [1.165, 1.54) is 32.0 Å². The normalized spacial score (nSPS) is 11.5. The molecule has 7 heteroatoms. The van der Waals surface area contributed by atoms with E-state index in [1.807, 2.05) is 12.1 Å². The summed E-state index contributed by atoms with van der Waals surface area (Å²) in [5, 5.41) is 8.97. The van der Waals surface area contributed by atoms with Crippen molar-refractivity contribution < 1.29 is 14.6 Å². The number of hydrogen-bond donors (Lipinski definition) is 1. The van der Waals surface area contributed by atoms with Crippen LogP contribution in [-0.4, -0.2) is 34.9 Å². The lowest BCUT2D eigenvalue weighted by atomic mass is 9.94. The lowest BCUT2D eigenvalue weighted by molar-refractivity contribution is -0.141. The average Bonchev–Trinajstić information content (AvgIpc) is 3.07. The van der Waals surface area contributed by atoms with Crippen LogP contribution in [0.4, 0.5) is 0 Å². The third-order valence-electron chi connectivity index (χ3n) is 6.99. The molecule has 0 heterocycles. The third-order valence-corrected chi connectivity index (χ3v) is 9.66. The van der Waals surface area contributed by atoms with E-state index in [-0.39, 0.29) is 0 Å². The molecule has 5 rings (SSSR count). The molecule has 0 saturated heterocycles. The summed E-state index contributed by atoms with van der Waals surface area (Å²) in [5.41, 5.74) is 6.84. The van der Waals surface area contributed by atoms with Crippen LogP contribution in [0.1, 0.15) is 11.1 Å². The summed E-state index contributed by atoms with van der Waals surface area (Å²) in [6, 6.07) is 42.1. The van der Waals surface area contributed by atoms with Crippen LogP contribution >= 0.6 is 46.9 Å². The Hall–Kier alpha value is -3.55. The zero-order chi connectivity index (χ0) is 30.9. The number of alkyl halides is 1. The number of carbonyl (C=O) groups is 1. The lowest BCUT2D eigenvalue weighted by Crippen LogP contribution is -2.20. The number of carboxylic acid groups (broad SMARTS) is 1. The van der Waals surface area contributed by atoms with Crippen molar-refractivity contribution in [3.63, 3.8) is 0 Å². The van der Waals surface area contributed by atoms with E-state index in [0.29, 0.717) is 5.75 Å². The first kappa shape index (κ1) is 31.9. The molecular weight excluding hydrogens is 624 g/mol. The summed E-state index contributed by atoms with van der Waals surface area (Å²) >= 11 is 10.9. The van der Waals surface area contributed by atoms with Crippen molar-refractivity contribution in [3.8, 4) is 28.0 Å². The summed E-state index contributed by atoms with van der Waals surface area (Å²) in [5.74, 6) is -0.0530. The number of benzene rings is 5. The molecule has 3 nitrogen and oxygen atoms in total. The van der Waals surface area contributed by atoms with Gasteiger partial charge in [0.1, 0.15) is 5.75 Å². The van der Waals surface area contributed by atoms with Crippen LogP contribution in [0, 0.1) is 0 Å². The monoisotopic (exact) mass is 654 g/mol. The second kappa shape index (κ2) is 15.4. The predicted octanol–water partition coefficient (Wildman–Crippen LogP) is 10.7. The second-order valence-corrected chi connectivity index (χ2v) is 13.0. The molecule has 0 saturated carbocycles. The molecule has 0 fully saturated rings. The van der Waals surface area contributed by atoms with Crippen molar-refractivity contribution in [2.75, 3.05) is 18.3 Å². The minimum absolute atomic E-state index is 0.416. The molecule has 1 unspecified atom stereocenters. The molecule has 0 aliphatic carbocycles. The Morgan fingerprint density at radius 3 is 1.66 bits per heavy atom. The van der Waals surface area contributed by atoms with Crippen molar-refractivity contribution in [2.45, 2.75) is 20.2 Å². The van der Waals surface area contributed by atoms with Crippen LogP contribution < -0.4 is 4.74 Å². The molecule has 5 aromatic rings. The minimum atomic E-state index is -1.42. The molecule has 5 aromatic carbocycles. The number of thioether (sulfide) groups is 3. The second-order valence-electron chi connectivity index (χ2n) is 9.79. The van der Waals surface area contributed by atoms with Gasteiger partial charge in [-0.2, -0.15) is 0 Å². The molecular formula is C37H31ClO3S3. The van der Waals surface area contributed by atoms with Crippen molar-refractivity contribution in [2.24, 2.45) is 0 Å². The van der Waals surface area contributed by atoms with E-state index in [4.69, 9.17) is 21.4 Å². The van der Waals surface area contributed by atoms with E-state index >= 15 is 0 Å². The summed E-state index contributed by atoms with van der Waals surface area (Å²) < 4.78 is 5.24. The molecule has 44 heavy (non-hydrogen) atoms. The first-order valence-corrected chi connectivity index (χ1v) is 17.8. The number of hydrogen-bond acceptors (Lipinski definition) is 5. The Morgan fingerprint density at radius 2 is 1.20 bits per heavy atom. The summed E-state index contributed by atoms with van der Waals surface area (Å²) in [4.78, 5) is 14.5. The fourth-order valence-electron chi connectivity index (χ4n) is 4.70. The topological polar surface area (TPSA) is 46.5 Å². The molecule has 1 atom stereocenters. The molecule has 0 aromatic heterocycles. The van der Waals surface area contributed by atoms with Crippen molar-refractivity contribution >= 4 is 58.4 Å². The molecule has 0 bridgehead atoms. The van der Waals surface area contributed by atoms with E-state index in [2.05, 4.69) is 116 Å². The predicted molar refractivity (Wildman–Crippen MR) is 189 cm³/mol. The number of rotatable bonds is 12. The smallest absolute Gasteiger partial charge is 0.360 e. The highest BCUT2D eigenvalue weighted by atomic mass is 35.5.